The molecule has 2 heterocycles. The zero-order chi connectivity index (χ0) is 19.7. The van der Waals surface area contributed by atoms with Crippen LogP contribution in [0.1, 0.15) is 22.3 Å². The van der Waals surface area contributed by atoms with Crippen LogP contribution in [0, 0.1) is 0 Å². The van der Waals surface area contributed by atoms with Crippen LogP contribution in [0.15, 0.2) is 41.5 Å². The van der Waals surface area contributed by atoms with E-state index in [2.05, 4.69) is 10.4 Å². The summed E-state index contributed by atoms with van der Waals surface area (Å²) < 4.78 is 16.0. The van der Waals surface area contributed by atoms with Crippen molar-refractivity contribution in [2.45, 2.75) is 12.6 Å². The number of nitrogens with one attached hydrogen (secondary N) is 1. The summed E-state index contributed by atoms with van der Waals surface area (Å²) in [7, 11) is 3.16. The van der Waals surface area contributed by atoms with Gasteiger partial charge in [-0.25, -0.2) is 5.01 Å². The second kappa shape index (κ2) is 7.22. The van der Waals surface area contributed by atoms with Crippen LogP contribution >= 0.6 is 0 Å². The second-order valence-corrected chi connectivity index (χ2v) is 6.32. The predicted molar refractivity (Wildman–Crippen MR) is 102 cm³/mol. The summed E-state index contributed by atoms with van der Waals surface area (Å²) in [6.45, 7) is 0.487. The lowest BCUT2D eigenvalue weighted by Gasteiger charge is -2.12. The van der Waals surface area contributed by atoms with Gasteiger partial charge in [0.15, 0.2) is 17.8 Å². The topological polar surface area (TPSA) is 89.5 Å². The van der Waals surface area contributed by atoms with E-state index in [0.717, 1.165) is 11.3 Å². The molecule has 1 amide bonds. The molecule has 0 aromatic heterocycles. The van der Waals surface area contributed by atoms with Gasteiger partial charge in [-0.15, -0.1) is 0 Å². The Morgan fingerprint density at radius 1 is 1.21 bits per heavy atom. The lowest BCUT2D eigenvalue weighted by atomic mass is 10.1. The minimum absolute atomic E-state index is 0.213. The van der Waals surface area contributed by atoms with E-state index in [0.29, 0.717) is 47.8 Å². The Morgan fingerprint density at radius 2 is 2.04 bits per heavy atom. The van der Waals surface area contributed by atoms with Crippen LogP contribution in [-0.2, 0) is 4.79 Å². The van der Waals surface area contributed by atoms with Crippen molar-refractivity contribution in [3.05, 3.63) is 47.5 Å². The largest absolute Gasteiger partial charge is 0.493 e. The number of ether oxygens (including phenoxy) is 3. The summed E-state index contributed by atoms with van der Waals surface area (Å²) >= 11 is 0. The van der Waals surface area contributed by atoms with Crippen molar-refractivity contribution < 1.29 is 23.8 Å². The Balaban J connectivity index is 1.55. The molecule has 0 saturated carbocycles. The van der Waals surface area contributed by atoms with Crippen LogP contribution in [0.25, 0.3) is 0 Å². The third-order valence-electron chi connectivity index (χ3n) is 4.65. The highest BCUT2D eigenvalue weighted by Crippen LogP contribution is 2.33. The number of rotatable bonds is 5. The molecule has 1 N–H and O–H groups in total. The van der Waals surface area contributed by atoms with Crippen molar-refractivity contribution in [3.63, 3.8) is 0 Å². The number of methoxy groups -OCH3 is 2. The molecule has 2 aromatic carbocycles. The van der Waals surface area contributed by atoms with Gasteiger partial charge < -0.3 is 19.5 Å². The zero-order valence-corrected chi connectivity index (χ0v) is 15.5. The van der Waals surface area contributed by atoms with Gasteiger partial charge in [-0.3, -0.25) is 9.59 Å². The maximum absolute atomic E-state index is 12.8. The van der Waals surface area contributed by atoms with Gasteiger partial charge in [0.25, 0.3) is 5.91 Å². The first-order chi connectivity index (χ1) is 13.6. The molecule has 2 aliphatic rings. The minimum atomic E-state index is -0.721. The molecule has 0 aliphatic carbocycles. The number of aldehydes is 1. The van der Waals surface area contributed by atoms with Gasteiger partial charge in [-0.2, -0.15) is 5.10 Å². The molecule has 8 nitrogen and oxygen atoms in total. The summed E-state index contributed by atoms with van der Waals surface area (Å²) in [5, 5.41) is 8.84. The number of hydrogen-bond donors (Lipinski definition) is 1. The molecule has 8 heteroatoms. The number of carbonyl (C=O) groups excluding carboxylic acids is 2. The van der Waals surface area contributed by atoms with Crippen molar-refractivity contribution in [1.29, 1.82) is 0 Å². The summed E-state index contributed by atoms with van der Waals surface area (Å²) in [4.78, 5) is 23.7. The first-order valence-corrected chi connectivity index (χ1v) is 8.77. The van der Waals surface area contributed by atoms with Gasteiger partial charge in [0, 0.05) is 17.5 Å². The fraction of sp³-hybridized carbons (Fsp3) is 0.250. The summed E-state index contributed by atoms with van der Waals surface area (Å²) in [5.41, 5.74) is 2.77. The molecule has 144 valence electrons. The molecule has 0 bridgehead atoms. The van der Waals surface area contributed by atoms with E-state index in [1.54, 1.807) is 32.4 Å². The van der Waals surface area contributed by atoms with E-state index < -0.39 is 6.23 Å². The Morgan fingerprint density at radius 3 is 2.79 bits per heavy atom. The lowest BCUT2D eigenvalue weighted by molar-refractivity contribution is -0.112. The Labute approximate surface area is 161 Å². The number of anilines is 1. The van der Waals surface area contributed by atoms with E-state index in [4.69, 9.17) is 14.2 Å². The fourth-order valence-corrected chi connectivity index (χ4v) is 3.23. The molecule has 4 rings (SSSR count). The van der Waals surface area contributed by atoms with Crippen molar-refractivity contribution in [2.24, 2.45) is 5.10 Å². The Bertz CT molecular complexity index is 972. The SMILES string of the molecule is COc1ccc(C2=NN(C(=O)c3ccc4c(c3)NC(C=O)O4)CC2)cc1OC. The molecule has 1 unspecified atom stereocenters. The van der Waals surface area contributed by atoms with E-state index in [1.165, 1.54) is 5.01 Å². The third-order valence-corrected chi connectivity index (χ3v) is 4.65. The number of benzene rings is 2. The minimum Gasteiger partial charge on any atom is -0.493 e. The maximum atomic E-state index is 12.8. The van der Waals surface area contributed by atoms with Crippen LogP contribution < -0.4 is 19.5 Å². The molecular weight excluding hydrogens is 362 g/mol. The monoisotopic (exact) mass is 381 g/mol. The number of fused-ring (bicyclic) bond motifs is 1. The number of nitrogens with zero attached hydrogens (tertiary/aromatic N) is 2. The average molecular weight is 381 g/mol. The second-order valence-electron chi connectivity index (χ2n) is 6.32. The van der Waals surface area contributed by atoms with Gasteiger partial charge in [0.2, 0.25) is 6.23 Å². The molecule has 28 heavy (non-hydrogen) atoms. The maximum Gasteiger partial charge on any atom is 0.274 e. The van der Waals surface area contributed by atoms with E-state index in [1.807, 2.05) is 18.2 Å². The molecule has 2 aromatic rings. The summed E-state index contributed by atoms with van der Waals surface area (Å²) in [5.74, 6) is 1.58. The highest BCUT2D eigenvalue weighted by atomic mass is 16.5. The van der Waals surface area contributed by atoms with Crippen LogP contribution in [0.5, 0.6) is 17.2 Å². The van der Waals surface area contributed by atoms with Crippen molar-refractivity contribution in [3.8, 4) is 17.2 Å². The zero-order valence-electron chi connectivity index (χ0n) is 15.5. The Hall–Kier alpha value is -3.55. The van der Waals surface area contributed by atoms with E-state index >= 15 is 0 Å². The van der Waals surface area contributed by atoms with Crippen LogP contribution in [0.2, 0.25) is 0 Å². The number of hydrogen-bond acceptors (Lipinski definition) is 7. The molecular formula is C20H19N3O5. The average Bonchev–Trinajstić information content (AvgIpc) is 3.39. The summed E-state index contributed by atoms with van der Waals surface area (Å²) in [6.07, 6.45) is 0.587. The fourth-order valence-electron chi connectivity index (χ4n) is 3.23. The lowest BCUT2D eigenvalue weighted by Crippen LogP contribution is -2.23. The smallest absolute Gasteiger partial charge is 0.274 e. The third kappa shape index (κ3) is 3.13. The van der Waals surface area contributed by atoms with Gasteiger partial charge in [0.1, 0.15) is 5.75 Å². The summed E-state index contributed by atoms with van der Waals surface area (Å²) in [6, 6.07) is 10.6. The van der Waals surface area contributed by atoms with Crippen LogP contribution in [-0.4, -0.2) is 49.9 Å². The molecule has 0 fully saturated rings. The standard InChI is InChI=1S/C20H19N3O5/c1-26-17-6-3-12(10-18(17)27-2)14-7-8-23(22-14)20(25)13-4-5-16-15(9-13)21-19(11-24)28-16/h3-6,9-11,19,21H,7-8H2,1-2H3. The van der Waals surface area contributed by atoms with Gasteiger partial charge in [0.05, 0.1) is 32.2 Å². The normalized spacial score (nSPS) is 17.3. The molecule has 0 saturated heterocycles. The van der Waals surface area contributed by atoms with Crippen LogP contribution in [0.3, 0.4) is 0 Å². The first-order valence-electron chi connectivity index (χ1n) is 8.77. The van der Waals surface area contributed by atoms with Gasteiger partial charge >= 0.3 is 0 Å². The van der Waals surface area contributed by atoms with Gasteiger partial charge in [-0.1, -0.05) is 0 Å². The van der Waals surface area contributed by atoms with Gasteiger partial charge in [-0.05, 0) is 36.4 Å². The molecule has 0 radical (unpaired) electrons. The first kappa shape index (κ1) is 17.8. The van der Waals surface area contributed by atoms with Crippen molar-refractivity contribution in [1.82, 2.24) is 5.01 Å². The Kier molecular flexibility index (Phi) is 4.60. The highest BCUT2D eigenvalue weighted by molar-refractivity contribution is 6.05. The van der Waals surface area contributed by atoms with Crippen LogP contribution in [0.4, 0.5) is 5.69 Å². The number of amides is 1. The highest BCUT2D eigenvalue weighted by Gasteiger charge is 2.26. The molecule has 0 spiro atoms. The molecule has 2 aliphatic heterocycles. The number of hydrazone groups is 1. The predicted octanol–water partition coefficient (Wildman–Crippen LogP) is 2.28. The van der Waals surface area contributed by atoms with Crippen molar-refractivity contribution >= 4 is 23.6 Å². The van der Waals surface area contributed by atoms with Crippen molar-refractivity contribution in [2.75, 3.05) is 26.1 Å². The number of carbonyl (C=O) groups is 2. The van der Waals surface area contributed by atoms with E-state index in [9.17, 15) is 9.59 Å². The van der Waals surface area contributed by atoms with E-state index in [-0.39, 0.29) is 5.91 Å². The molecule has 1 atom stereocenters. The quantitative estimate of drug-likeness (QED) is 0.800.